The fourth-order valence-corrected chi connectivity index (χ4v) is 4.30. The van der Waals surface area contributed by atoms with Crippen LogP contribution in [0.15, 0.2) is 17.0 Å². The van der Waals surface area contributed by atoms with Crippen molar-refractivity contribution >= 4 is 39.2 Å². The smallest absolute Gasteiger partial charge is 0.318 e. The number of benzene rings is 1. The second-order valence-electron chi connectivity index (χ2n) is 4.24. The van der Waals surface area contributed by atoms with E-state index in [0.29, 0.717) is 0 Å². The second kappa shape index (κ2) is 6.26. The van der Waals surface area contributed by atoms with E-state index in [1.807, 2.05) is 0 Å². The van der Waals surface area contributed by atoms with Crippen molar-refractivity contribution in [3.8, 4) is 0 Å². The molecule has 0 saturated heterocycles. The van der Waals surface area contributed by atoms with E-state index in [2.05, 4.69) is 0 Å². The zero-order valence-corrected chi connectivity index (χ0v) is 12.9. The molecule has 0 aromatic heterocycles. The van der Waals surface area contributed by atoms with Gasteiger partial charge in [0.1, 0.15) is 17.3 Å². The van der Waals surface area contributed by atoms with Gasteiger partial charge in [0.25, 0.3) is 0 Å². The van der Waals surface area contributed by atoms with Gasteiger partial charge in [0.05, 0.1) is 10.0 Å². The Hall–Kier alpha value is -0.890. The van der Waals surface area contributed by atoms with Crippen LogP contribution in [0.3, 0.4) is 0 Å². The lowest BCUT2D eigenvalue weighted by Gasteiger charge is -2.25. The number of nitrogens with zero attached hydrogens (tertiary/aromatic N) is 1. The third-order valence-electron chi connectivity index (χ3n) is 2.40. The molecule has 5 nitrogen and oxygen atoms in total. The first kappa shape index (κ1) is 17.2. The van der Waals surface area contributed by atoms with Crippen molar-refractivity contribution in [3.05, 3.63) is 28.0 Å². The van der Waals surface area contributed by atoms with E-state index >= 15 is 0 Å². The molecule has 0 spiro atoms. The number of aliphatic carboxylic acids is 1. The molecular formula is C11H12Cl2FNO4S. The number of carboxylic acid groups (broad SMARTS) is 1. The van der Waals surface area contributed by atoms with E-state index < -0.39 is 49.3 Å². The lowest BCUT2D eigenvalue weighted by Crippen LogP contribution is -2.40. The summed E-state index contributed by atoms with van der Waals surface area (Å²) in [6.45, 7) is 2.27. The Balaban J connectivity index is 3.45. The van der Waals surface area contributed by atoms with Gasteiger partial charge in [-0.15, -0.1) is 0 Å². The number of carboxylic acids is 1. The number of hydrogen-bond donors (Lipinski definition) is 1. The highest BCUT2D eigenvalue weighted by molar-refractivity contribution is 7.89. The van der Waals surface area contributed by atoms with Crippen molar-refractivity contribution < 1.29 is 22.7 Å². The van der Waals surface area contributed by atoms with Gasteiger partial charge in [0, 0.05) is 6.04 Å². The van der Waals surface area contributed by atoms with E-state index in [0.717, 1.165) is 16.4 Å². The zero-order valence-electron chi connectivity index (χ0n) is 10.6. The highest BCUT2D eigenvalue weighted by atomic mass is 35.5. The third kappa shape index (κ3) is 3.60. The first-order valence-corrected chi connectivity index (χ1v) is 7.65. The van der Waals surface area contributed by atoms with Crippen molar-refractivity contribution in [1.29, 1.82) is 0 Å². The maximum Gasteiger partial charge on any atom is 0.318 e. The second-order valence-corrected chi connectivity index (χ2v) is 6.88. The predicted octanol–water partition coefficient (Wildman–Crippen LogP) is 2.62. The quantitative estimate of drug-likeness (QED) is 0.891. The molecular weight excluding hydrogens is 332 g/mol. The maximum absolute atomic E-state index is 13.1. The van der Waals surface area contributed by atoms with E-state index in [1.165, 1.54) is 13.8 Å². The van der Waals surface area contributed by atoms with Crippen LogP contribution in [0.2, 0.25) is 10.0 Å². The molecule has 0 radical (unpaired) electrons. The molecule has 1 aromatic rings. The van der Waals surface area contributed by atoms with Crippen molar-refractivity contribution in [2.75, 3.05) is 6.54 Å². The predicted molar refractivity (Wildman–Crippen MR) is 73.1 cm³/mol. The summed E-state index contributed by atoms with van der Waals surface area (Å²) in [5.41, 5.74) is 0. The van der Waals surface area contributed by atoms with Crippen molar-refractivity contribution in [2.24, 2.45) is 0 Å². The summed E-state index contributed by atoms with van der Waals surface area (Å²) in [6, 6.07) is 0.979. The summed E-state index contributed by atoms with van der Waals surface area (Å²) in [7, 11) is -4.25. The highest BCUT2D eigenvalue weighted by Gasteiger charge is 2.33. The van der Waals surface area contributed by atoms with Gasteiger partial charge in [-0.05, 0) is 26.0 Å². The monoisotopic (exact) mass is 343 g/mol. The van der Waals surface area contributed by atoms with E-state index in [9.17, 15) is 17.6 Å². The van der Waals surface area contributed by atoms with E-state index in [4.69, 9.17) is 28.3 Å². The van der Waals surface area contributed by atoms with Gasteiger partial charge in [0.2, 0.25) is 10.0 Å². The van der Waals surface area contributed by atoms with Crippen LogP contribution in [0.1, 0.15) is 13.8 Å². The molecule has 0 aliphatic rings. The minimum Gasteiger partial charge on any atom is -0.480 e. The van der Waals surface area contributed by atoms with Gasteiger partial charge in [-0.25, -0.2) is 12.8 Å². The van der Waals surface area contributed by atoms with E-state index in [1.54, 1.807) is 0 Å². The molecule has 1 aromatic carbocycles. The van der Waals surface area contributed by atoms with Crippen molar-refractivity contribution in [3.63, 3.8) is 0 Å². The number of hydrogen-bond acceptors (Lipinski definition) is 3. The first-order valence-electron chi connectivity index (χ1n) is 5.45. The van der Waals surface area contributed by atoms with Gasteiger partial charge >= 0.3 is 5.97 Å². The Kier molecular flexibility index (Phi) is 5.37. The summed E-state index contributed by atoms with van der Waals surface area (Å²) in [5, 5.41) is 8.00. The van der Waals surface area contributed by atoms with Crippen LogP contribution >= 0.6 is 23.2 Å². The molecule has 1 N–H and O–H groups in total. The number of halogens is 3. The molecule has 0 amide bonds. The highest BCUT2D eigenvalue weighted by Crippen LogP contribution is 2.33. The minimum absolute atomic E-state index is 0.397. The summed E-state index contributed by atoms with van der Waals surface area (Å²) >= 11 is 11.5. The molecule has 0 aliphatic carbocycles. The maximum atomic E-state index is 13.1. The fraction of sp³-hybridized carbons (Fsp3) is 0.364. The molecule has 0 bridgehead atoms. The largest absolute Gasteiger partial charge is 0.480 e. The Morgan fingerprint density at radius 3 is 2.15 bits per heavy atom. The van der Waals surface area contributed by atoms with Crippen LogP contribution in [0, 0.1) is 5.82 Å². The Labute approximate surface area is 126 Å². The van der Waals surface area contributed by atoms with Crippen LogP contribution in [-0.4, -0.2) is 36.4 Å². The molecule has 0 aliphatic heterocycles. The number of sulfonamides is 1. The zero-order chi connectivity index (χ0) is 15.7. The molecule has 0 saturated carbocycles. The normalized spacial score (nSPS) is 12.2. The van der Waals surface area contributed by atoms with Gasteiger partial charge in [-0.3, -0.25) is 4.79 Å². The Morgan fingerprint density at radius 1 is 1.35 bits per heavy atom. The van der Waals surface area contributed by atoms with Crippen molar-refractivity contribution in [2.45, 2.75) is 24.8 Å². The molecule has 9 heteroatoms. The van der Waals surface area contributed by atoms with Crippen LogP contribution in [-0.2, 0) is 14.8 Å². The lowest BCUT2D eigenvalue weighted by molar-refractivity contribution is -0.137. The third-order valence-corrected chi connectivity index (χ3v) is 5.34. The average molecular weight is 344 g/mol. The summed E-state index contributed by atoms with van der Waals surface area (Å²) in [5.74, 6) is -2.11. The van der Waals surface area contributed by atoms with E-state index in [-0.39, 0.29) is 0 Å². The Morgan fingerprint density at radius 2 is 1.80 bits per heavy atom. The lowest BCUT2D eigenvalue weighted by atomic mass is 10.3. The van der Waals surface area contributed by atoms with Crippen LogP contribution in [0.4, 0.5) is 4.39 Å². The topological polar surface area (TPSA) is 74.7 Å². The van der Waals surface area contributed by atoms with Crippen LogP contribution in [0.5, 0.6) is 0 Å². The molecule has 0 fully saturated rings. The summed E-state index contributed by atoms with van der Waals surface area (Å²) in [4.78, 5) is 10.3. The first-order chi connectivity index (χ1) is 9.07. The Bertz CT molecular complexity index is 610. The summed E-state index contributed by atoms with van der Waals surface area (Å²) in [6.07, 6.45) is 0. The molecule has 0 unspecified atom stereocenters. The number of carbonyl (C=O) groups is 1. The van der Waals surface area contributed by atoms with Crippen LogP contribution < -0.4 is 0 Å². The standard InChI is InChI=1S/C11H12Cl2FNO4S/c1-6(2)15(5-10(16)17)20(18,19)11-8(12)3-7(14)4-9(11)13/h3-4,6H,5H2,1-2H3,(H,16,17). The average Bonchev–Trinajstić information content (AvgIpc) is 2.22. The van der Waals surface area contributed by atoms with Crippen LogP contribution in [0.25, 0.3) is 0 Å². The molecule has 0 heterocycles. The molecule has 1 rings (SSSR count). The number of rotatable bonds is 5. The molecule has 20 heavy (non-hydrogen) atoms. The molecule has 0 atom stereocenters. The SMILES string of the molecule is CC(C)N(CC(=O)O)S(=O)(=O)c1c(Cl)cc(F)cc1Cl. The fourth-order valence-electron chi connectivity index (χ4n) is 1.57. The molecule has 112 valence electrons. The summed E-state index contributed by atoms with van der Waals surface area (Å²) < 4.78 is 38.7. The van der Waals surface area contributed by atoms with Crippen molar-refractivity contribution in [1.82, 2.24) is 4.31 Å². The minimum atomic E-state index is -4.25. The van der Waals surface area contributed by atoms with Gasteiger partial charge in [0.15, 0.2) is 0 Å². The van der Waals surface area contributed by atoms with Gasteiger partial charge < -0.3 is 5.11 Å². The van der Waals surface area contributed by atoms with Gasteiger partial charge in [-0.1, -0.05) is 23.2 Å². The van der Waals surface area contributed by atoms with Gasteiger partial charge in [-0.2, -0.15) is 4.31 Å².